The third kappa shape index (κ3) is 6.18. The second-order valence-electron chi connectivity index (χ2n) is 11.9. The molecule has 0 radical (unpaired) electrons. The highest BCUT2D eigenvalue weighted by molar-refractivity contribution is 6.00. The molecule has 0 amide bonds. The summed E-state index contributed by atoms with van der Waals surface area (Å²) in [5, 5.41) is 3.88. The van der Waals surface area contributed by atoms with Crippen molar-refractivity contribution in [1.82, 2.24) is 29.1 Å². The van der Waals surface area contributed by atoms with E-state index in [-0.39, 0.29) is 24.0 Å². The van der Waals surface area contributed by atoms with Crippen LogP contribution in [0.15, 0.2) is 90.2 Å². The molecule has 0 saturated carbocycles. The number of hydrogen-bond donors (Lipinski definition) is 1. The van der Waals surface area contributed by atoms with E-state index in [9.17, 15) is 14.4 Å². The normalized spacial score (nSPS) is 15.3. The maximum absolute atomic E-state index is 14.6. The average Bonchev–Trinajstić information content (AvgIpc) is 3.59. The van der Waals surface area contributed by atoms with Crippen LogP contribution in [0.3, 0.4) is 0 Å². The molecule has 2 atom stereocenters. The van der Waals surface area contributed by atoms with Gasteiger partial charge in [0.2, 0.25) is 0 Å². The number of nitrogens with zero attached hydrogens (tertiary/aromatic N) is 6. The molecule has 0 aliphatic carbocycles. The minimum atomic E-state index is -0.482. The first-order valence-corrected chi connectivity index (χ1v) is 16.3. The minimum absolute atomic E-state index is 0.0261. The van der Waals surface area contributed by atoms with Gasteiger partial charge in [-0.2, -0.15) is 0 Å². The van der Waals surface area contributed by atoms with Gasteiger partial charge in [-0.05, 0) is 61.6 Å². The molecular formula is C37H35N7O5. The van der Waals surface area contributed by atoms with Crippen molar-refractivity contribution in [2.75, 3.05) is 19.0 Å². The van der Waals surface area contributed by atoms with Gasteiger partial charge in [-0.25, -0.2) is 24.7 Å². The Hall–Kier alpha value is -5.75. The molecule has 248 valence electrons. The fourth-order valence-electron chi connectivity index (χ4n) is 6.33. The third-order valence-corrected chi connectivity index (χ3v) is 8.86. The largest absolute Gasteiger partial charge is 0.465 e. The molecule has 3 aromatic heterocycles. The SMILES string of the molecule is CC[C@H](Nc1ncnc2c1ncn2C1CCCCO1)c1nc2cccc(CC(=O)c3ccc(C(=O)OC)cc3)c2c(=O)n1-c1ccccc1. The van der Waals surface area contributed by atoms with Gasteiger partial charge in [-0.3, -0.25) is 18.7 Å². The van der Waals surface area contributed by atoms with E-state index < -0.39 is 12.0 Å². The quantitative estimate of drug-likeness (QED) is 0.138. The van der Waals surface area contributed by atoms with Crippen LogP contribution in [0.2, 0.25) is 0 Å². The second kappa shape index (κ2) is 13.8. The van der Waals surface area contributed by atoms with E-state index in [0.29, 0.717) is 69.1 Å². The number of imidazole rings is 1. The summed E-state index contributed by atoms with van der Waals surface area (Å²) in [5.41, 5.74) is 3.42. The van der Waals surface area contributed by atoms with Gasteiger partial charge < -0.3 is 14.8 Å². The van der Waals surface area contributed by atoms with Crippen molar-refractivity contribution in [3.8, 4) is 5.69 Å². The Kier molecular flexibility index (Phi) is 8.95. The van der Waals surface area contributed by atoms with Crippen molar-refractivity contribution in [2.24, 2.45) is 0 Å². The number of anilines is 1. The lowest BCUT2D eigenvalue weighted by molar-refractivity contribution is -0.0298. The molecule has 0 bridgehead atoms. The molecule has 0 spiro atoms. The number of Topliss-reactive ketones (excluding diaryl/α,β-unsaturated/α-hetero) is 1. The van der Waals surface area contributed by atoms with E-state index in [2.05, 4.69) is 20.3 Å². The van der Waals surface area contributed by atoms with Crippen molar-refractivity contribution < 1.29 is 19.1 Å². The van der Waals surface area contributed by atoms with Crippen LogP contribution < -0.4 is 10.9 Å². The number of nitrogens with one attached hydrogen (secondary N) is 1. The number of carbonyl (C=O) groups is 2. The Morgan fingerprint density at radius 3 is 2.51 bits per heavy atom. The summed E-state index contributed by atoms with van der Waals surface area (Å²) < 4.78 is 14.3. The molecule has 7 rings (SSSR count). The number of fused-ring (bicyclic) bond motifs is 2. The van der Waals surface area contributed by atoms with Gasteiger partial charge in [-0.1, -0.05) is 49.4 Å². The summed E-state index contributed by atoms with van der Waals surface area (Å²) in [6, 6.07) is 20.5. The fourth-order valence-corrected chi connectivity index (χ4v) is 6.33. The van der Waals surface area contributed by atoms with E-state index >= 15 is 0 Å². The zero-order valence-corrected chi connectivity index (χ0v) is 27.2. The van der Waals surface area contributed by atoms with Crippen LogP contribution in [0.5, 0.6) is 0 Å². The number of para-hydroxylation sites is 1. The van der Waals surface area contributed by atoms with E-state index in [1.165, 1.54) is 13.4 Å². The highest BCUT2D eigenvalue weighted by atomic mass is 16.5. The summed E-state index contributed by atoms with van der Waals surface area (Å²) >= 11 is 0. The van der Waals surface area contributed by atoms with Crippen LogP contribution >= 0.6 is 0 Å². The van der Waals surface area contributed by atoms with Crippen LogP contribution in [-0.4, -0.2) is 54.5 Å². The van der Waals surface area contributed by atoms with Gasteiger partial charge in [0.15, 0.2) is 22.8 Å². The van der Waals surface area contributed by atoms with Crippen LogP contribution in [0.25, 0.3) is 27.8 Å². The maximum Gasteiger partial charge on any atom is 0.337 e. The topological polar surface area (TPSA) is 143 Å². The molecule has 6 aromatic rings. The first-order valence-electron chi connectivity index (χ1n) is 16.3. The predicted octanol–water partition coefficient (Wildman–Crippen LogP) is 6.00. The molecule has 3 aromatic carbocycles. The Balaban J connectivity index is 1.28. The highest BCUT2D eigenvalue weighted by Crippen LogP contribution is 2.30. The number of carbonyl (C=O) groups excluding carboxylic acids is 2. The third-order valence-electron chi connectivity index (χ3n) is 8.86. The molecule has 1 unspecified atom stereocenters. The monoisotopic (exact) mass is 657 g/mol. The van der Waals surface area contributed by atoms with E-state index in [4.69, 9.17) is 14.5 Å². The fraction of sp³-hybridized carbons (Fsp3) is 0.270. The number of aromatic nitrogens is 6. The Labute approximate surface area is 281 Å². The molecule has 1 aliphatic rings. The standard InChI is InChI=1S/C37H35N7O5/c1-3-27(41-33-32-35(39-21-38-33)43(22-40-32)30-14-7-8-19-49-30)34-42-28-13-9-10-25(31(28)36(46)44(34)26-11-5-4-6-12-26)20-29(45)23-15-17-24(18-16-23)37(47)48-2/h4-6,9-13,15-18,21-22,27,30H,3,7-8,14,19-20H2,1-2H3,(H,38,39,41)/t27-,30?/m0/s1. The van der Waals surface area contributed by atoms with Crippen molar-refractivity contribution in [2.45, 2.75) is 51.3 Å². The number of methoxy groups -OCH3 is 1. The molecule has 1 saturated heterocycles. The van der Waals surface area contributed by atoms with Gasteiger partial charge in [0.1, 0.15) is 18.4 Å². The number of benzene rings is 3. The minimum Gasteiger partial charge on any atom is -0.465 e. The summed E-state index contributed by atoms with van der Waals surface area (Å²) in [6.45, 7) is 2.71. The second-order valence-corrected chi connectivity index (χ2v) is 11.9. The lowest BCUT2D eigenvalue weighted by Crippen LogP contribution is -2.29. The molecule has 49 heavy (non-hydrogen) atoms. The van der Waals surface area contributed by atoms with Crippen LogP contribution in [0, 0.1) is 0 Å². The lowest BCUT2D eigenvalue weighted by Gasteiger charge is -2.24. The average molecular weight is 658 g/mol. The summed E-state index contributed by atoms with van der Waals surface area (Å²) in [4.78, 5) is 58.7. The zero-order chi connectivity index (χ0) is 33.9. The summed E-state index contributed by atoms with van der Waals surface area (Å²) in [7, 11) is 1.31. The van der Waals surface area contributed by atoms with Crippen molar-refractivity contribution in [1.29, 1.82) is 0 Å². The van der Waals surface area contributed by atoms with Gasteiger partial charge in [0, 0.05) is 18.6 Å². The molecular weight excluding hydrogens is 622 g/mol. The molecule has 1 fully saturated rings. The predicted molar refractivity (Wildman–Crippen MR) is 184 cm³/mol. The Morgan fingerprint density at radius 1 is 0.980 bits per heavy atom. The number of ketones is 1. The Bertz CT molecular complexity index is 2210. The Morgan fingerprint density at radius 2 is 1.78 bits per heavy atom. The molecule has 12 heteroatoms. The smallest absolute Gasteiger partial charge is 0.337 e. The molecule has 12 nitrogen and oxygen atoms in total. The summed E-state index contributed by atoms with van der Waals surface area (Å²) in [5.74, 6) is 0.342. The number of esters is 1. The van der Waals surface area contributed by atoms with Crippen LogP contribution in [0.1, 0.15) is 77.0 Å². The summed E-state index contributed by atoms with van der Waals surface area (Å²) in [6.07, 6.45) is 6.65. The highest BCUT2D eigenvalue weighted by Gasteiger charge is 2.25. The molecule has 1 aliphatic heterocycles. The number of ether oxygens (including phenoxy) is 2. The van der Waals surface area contributed by atoms with Crippen LogP contribution in [-0.2, 0) is 15.9 Å². The first kappa shape index (κ1) is 31.8. The first-order chi connectivity index (χ1) is 24.0. The van der Waals surface area contributed by atoms with Gasteiger partial charge in [0.25, 0.3) is 5.56 Å². The van der Waals surface area contributed by atoms with E-state index in [1.807, 2.05) is 41.8 Å². The van der Waals surface area contributed by atoms with Gasteiger partial charge in [0.05, 0.1) is 41.6 Å². The van der Waals surface area contributed by atoms with E-state index in [1.54, 1.807) is 53.4 Å². The lowest BCUT2D eigenvalue weighted by atomic mass is 9.99. The zero-order valence-electron chi connectivity index (χ0n) is 27.2. The van der Waals surface area contributed by atoms with Gasteiger partial charge in [-0.15, -0.1) is 0 Å². The molecule has 1 N–H and O–H groups in total. The van der Waals surface area contributed by atoms with Gasteiger partial charge >= 0.3 is 5.97 Å². The molecule has 4 heterocycles. The van der Waals surface area contributed by atoms with Crippen molar-refractivity contribution >= 4 is 39.6 Å². The van der Waals surface area contributed by atoms with Crippen molar-refractivity contribution in [3.63, 3.8) is 0 Å². The van der Waals surface area contributed by atoms with Crippen LogP contribution in [0.4, 0.5) is 5.82 Å². The maximum atomic E-state index is 14.6. The number of hydrogen-bond acceptors (Lipinski definition) is 10. The van der Waals surface area contributed by atoms with Crippen molar-refractivity contribution in [3.05, 3.63) is 118 Å². The number of rotatable bonds is 10. The van der Waals surface area contributed by atoms with E-state index in [0.717, 1.165) is 19.3 Å².